The van der Waals surface area contributed by atoms with Crippen LogP contribution in [0.5, 0.6) is 0 Å². The molecule has 0 aliphatic carbocycles. The largest absolute Gasteiger partial charge is 0.467 e. The molecule has 0 atom stereocenters. The van der Waals surface area contributed by atoms with E-state index in [0.717, 1.165) is 17.7 Å². The zero-order valence-corrected chi connectivity index (χ0v) is 13.5. The normalized spacial score (nSPS) is 10.4. The number of aromatic nitrogens is 1. The van der Waals surface area contributed by atoms with Crippen molar-refractivity contribution in [2.75, 3.05) is 11.9 Å². The average molecular weight is 339 g/mol. The van der Waals surface area contributed by atoms with Gasteiger partial charge in [0.1, 0.15) is 17.3 Å². The number of hydrogen-bond donors (Lipinski definition) is 2. The molecule has 3 aromatic rings. The van der Waals surface area contributed by atoms with Gasteiger partial charge in [0.05, 0.1) is 12.8 Å². The number of halogens is 1. The maximum absolute atomic E-state index is 12.9. The maximum Gasteiger partial charge on any atom is 0.270 e. The Morgan fingerprint density at radius 1 is 1.16 bits per heavy atom. The van der Waals surface area contributed by atoms with Gasteiger partial charge in [-0.2, -0.15) is 0 Å². The van der Waals surface area contributed by atoms with E-state index in [1.54, 1.807) is 48.9 Å². The second-order valence-electron chi connectivity index (χ2n) is 5.50. The van der Waals surface area contributed by atoms with Gasteiger partial charge in [-0.25, -0.2) is 4.39 Å². The molecular weight excluding hydrogens is 321 g/mol. The predicted octanol–water partition coefficient (Wildman–Crippen LogP) is 3.40. The third-order valence-electron chi connectivity index (χ3n) is 3.65. The van der Waals surface area contributed by atoms with Gasteiger partial charge in [-0.3, -0.25) is 9.78 Å². The number of anilines is 1. The van der Waals surface area contributed by atoms with Crippen LogP contribution in [0.2, 0.25) is 0 Å². The summed E-state index contributed by atoms with van der Waals surface area (Å²) in [6.45, 7) is 0.985. The summed E-state index contributed by atoms with van der Waals surface area (Å²) in [5.41, 5.74) is 2.18. The van der Waals surface area contributed by atoms with Gasteiger partial charge in [-0.15, -0.1) is 0 Å². The summed E-state index contributed by atoms with van der Waals surface area (Å²) in [4.78, 5) is 16.2. The fraction of sp³-hybridized carbons (Fsp3) is 0.158. The second kappa shape index (κ2) is 8.10. The second-order valence-corrected chi connectivity index (χ2v) is 5.50. The van der Waals surface area contributed by atoms with Crippen molar-refractivity contribution >= 4 is 11.6 Å². The lowest BCUT2D eigenvalue weighted by Gasteiger charge is -2.08. The van der Waals surface area contributed by atoms with Crippen molar-refractivity contribution in [1.82, 2.24) is 10.3 Å². The Kier molecular flexibility index (Phi) is 5.41. The Bertz CT molecular complexity index is 817. The molecule has 3 rings (SSSR count). The van der Waals surface area contributed by atoms with E-state index in [2.05, 4.69) is 15.6 Å². The minimum absolute atomic E-state index is 0.240. The molecule has 0 unspecified atom stereocenters. The first-order valence-electron chi connectivity index (χ1n) is 7.96. The number of benzene rings is 1. The molecule has 0 bridgehead atoms. The molecule has 1 aromatic carbocycles. The molecule has 0 radical (unpaired) electrons. The first-order valence-corrected chi connectivity index (χ1v) is 7.96. The van der Waals surface area contributed by atoms with Crippen LogP contribution in [-0.2, 0) is 13.0 Å². The Balaban J connectivity index is 1.51. The van der Waals surface area contributed by atoms with Crippen molar-refractivity contribution in [2.24, 2.45) is 0 Å². The highest BCUT2D eigenvalue weighted by Gasteiger charge is 2.08. The summed E-state index contributed by atoms with van der Waals surface area (Å²) >= 11 is 0. The molecule has 1 amide bonds. The van der Waals surface area contributed by atoms with Gasteiger partial charge < -0.3 is 15.1 Å². The fourth-order valence-corrected chi connectivity index (χ4v) is 2.34. The van der Waals surface area contributed by atoms with Crippen LogP contribution in [0, 0.1) is 5.82 Å². The summed E-state index contributed by atoms with van der Waals surface area (Å²) in [6.07, 6.45) is 3.90. The van der Waals surface area contributed by atoms with Crippen molar-refractivity contribution in [3.63, 3.8) is 0 Å². The van der Waals surface area contributed by atoms with Crippen molar-refractivity contribution in [1.29, 1.82) is 0 Å². The van der Waals surface area contributed by atoms with Gasteiger partial charge in [0.15, 0.2) is 0 Å². The highest BCUT2D eigenvalue weighted by Crippen LogP contribution is 2.10. The molecule has 0 aliphatic rings. The highest BCUT2D eigenvalue weighted by molar-refractivity contribution is 5.93. The molecule has 2 aromatic heterocycles. The smallest absolute Gasteiger partial charge is 0.270 e. The minimum Gasteiger partial charge on any atom is -0.467 e. The summed E-state index contributed by atoms with van der Waals surface area (Å²) in [5, 5.41) is 6.00. The third-order valence-corrected chi connectivity index (χ3v) is 3.65. The van der Waals surface area contributed by atoms with Crippen LogP contribution < -0.4 is 10.6 Å². The van der Waals surface area contributed by atoms with E-state index in [1.807, 2.05) is 0 Å². The molecular formula is C19H18FN3O2. The number of nitrogens with zero attached hydrogens (tertiary/aromatic N) is 1. The molecule has 5 nitrogen and oxygen atoms in total. The lowest BCUT2D eigenvalue weighted by atomic mass is 10.1. The van der Waals surface area contributed by atoms with Crippen LogP contribution in [0.15, 0.2) is 65.4 Å². The number of amides is 1. The Hall–Kier alpha value is -3.15. The van der Waals surface area contributed by atoms with E-state index >= 15 is 0 Å². The first-order chi connectivity index (χ1) is 12.2. The van der Waals surface area contributed by atoms with Gasteiger partial charge >= 0.3 is 0 Å². The number of nitrogens with one attached hydrogen (secondary N) is 2. The molecule has 0 saturated carbocycles. The van der Waals surface area contributed by atoms with E-state index in [9.17, 15) is 9.18 Å². The Morgan fingerprint density at radius 2 is 2.00 bits per heavy atom. The molecule has 128 valence electrons. The topological polar surface area (TPSA) is 67.2 Å². The maximum atomic E-state index is 12.9. The van der Waals surface area contributed by atoms with E-state index < -0.39 is 0 Å². The number of hydrogen-bond acceptors (Lipinski definition) is 4. The SMILES string of the molecule is O=C(NCc1ccco1)c1cc(NCCc2ccc(F)cc2)ccn1. The number of pyridine rings is 1. The average Bonchev–Trinajstić information content (AvgIpc) is 3.15. The summed E-state index contributed by atoms with van der Waals surface area (Å²) in [6, 6.07) is 13.5. The lowest BCUT2D eigenvalue weighted by Crippen LogP contribution is -2.23. The molecule has 6 heteroatoms. The zero-order chi connectivity index (χ0) is 17.5. The number of rotatable bonds is 7. The van der Waals surface area contributed by atoms with Crippen LogP contribution in [-0.4, -0.2) is 17.4 Å². The summed E-state index contributed by atoms with van der Waals surface area (Å²) in [5.74, 6) is 0.177. The van der Waals surface area contributed by atoms with Gasteiger partial charge in [-0.1, -0.05) is 12.1 Å². The monoisotopic (exact) mass is 339 g/mol. The van der Waals surface area contributed by atoms with E-state index in [1.165, 1.54) is 12.1 Å². The molecule has 0 aliphatic heterocycles. The molecule has 2 N–H and O–H groups in total. The predicted molar refractivity (Wildman–Crippen MR) is 92.7 cm³/mol. The summed E-state index contributed by atoms with van der Waals surface area (Å²) in [7, 11) is 0. The van der Waals surface area contributed by atoms with Crippen molar-refractivity contribution in [3.05, 3.63) is 83.8 Å². The van der Waals surface area contributed by atoms with Crippen LogP contribution in [0.1, 0.15) is 21.8 Å². The standard InChI is InChI=1S/C19H18FN3O2/c20-15-5-3-14(4-6-15)7-9-21-16-8-10-22-18(12-16)19(24)23-13-17-2-1-11-25-17/h1-6,8,10-12H,7,9,13H2,(H,21,22)(H,23,24). The van der Waals surface area contributed by atoms with E-state index in [-0.39, 0.29) is 11.7 Å². The van der Waals surface area contributed by atoms with Gasteiger partial charge in [-0.05, 0) is 48.4 Å². The molecule has 0 saturated heterocycles. The summed E-state index contributed by atoms with van der Waals surface area (Å²) < 4.78 is 18.1. The fourth-order valence-electron chi connectivity index (χ4n) is 2.34. The molecule has 0 fully saturated rings. The minimum atomic E-state index is -0.265. The van der Waals surface area contributed by atoms with Crippen LogP contribution in [0.25, 0.3) is 0 Å². The van der Waals surface area contributed by atoms with Gasteiger partial charge in [0, 0.05) is 18.4 Å². The first kappa shape index (κ1) is 16.7. The quantitative estimate of drug-likeness (QED) is 0.692. The molecule has 25 heavy (non-hydrogen) atoms. The van der Waals surface area contributed by atoms with Crippen LogP contribution in [0.4, 0.5) is 10.1 Å². The zero-order valence-electron chi connectivity index (χ0n) is 13.5. The van der Waals surface area contributed by atoms with Gasteiger partial charge in [0.25, 0.3) is 5.91 Å². The number of furan rings is 1. The van der Waals surface area contributed by atoms with Crippen molar-refractivity contribution < 1.29 is 13.6 Å². The Labute approximate surface area is 144 Å². The van der Waals surface area contributed by atoms with Crippen molar-refractivity contribution in [3.8, 4) is 0 Å². The Morgan fingerprint density at radius 3 is 2.76 bits per heavy atom. The van der Waals surface area contributed by atoms with E-state index in [0.29, 0.717) is 24.5 Å². The molecule has 0 spiro atoms. The van der Waals surface area contributed by atoms with Crippen molar-refractivity contribution in [2.45, 2.75) is 13.0 Å². The highest BCUT2D eigenvalue weighted by atomic mass is 19.1. The van der Waals surface area contributed by atoms with Crippen LogP contribution in [0.3, 0.4) is 0 Å². The number of carbonyl (C=O) groups excluding carboxylic acids is 1. The van der Waals surface area contributed by atoms with Crippen LogP contribution >= 0.6 is 0 Å². The third kappa shape index (κ3) is 4.91. The number of carbonyl (C=O) groups is 1. The molecule has 2 heterocycles. The van der Waals surface area contributed by atoms with Gasteiger partial charge in [0.2, 0.25) is 0 Å². The lowest BCUT2D eigenvalue weighted by molar-refractivity contribution is 0.0943. The van der Waals surface area contributed by atoms with E-state index in [4.69, 9.17) is 4.42 Å².